The average Bonchev–Trinajstić information content (AvgIpc) is 2.78. The lowest BCUT2D eigenvalue weighted by atomic mass is 9.91. The van der Waals surface area contributed by atoms with Crippen LogP contribution in [0.1, 0.15) is 25.1 Å². The summed E-state index contributed by atoms with van der Waals surface area (Å²) in [6.45, 7) is 6.02. The molecule has 0 saturated heterocycles. The van der Waals surface area contributed by atoms with Crippen LogP contribution in [-0.2, 0) is 5.41 Å². The Labute approximate surface area is 100 Å². The standard InChI is InChI=1S/C11H19N3OS/c1-11(2,9-4-3-7-16-9)8-13-6-5-10(12)14-15/h3-4,7,13,15H,5-6,8H2,1-2H3,(H2,12,14). The number of hydrogen-bond acceptors (Lipinski definition) is 4. The Hall–Kier alpha value is -1.07. The van der Waals surface area contributed by atoms with E-state index in [4.69, 9.17) is 10.9 Å². The Kier molecular flexibility index (Phi) is 4.76. The second-order valence-corrected chi connectivity index (χ2v) is 5.33. The summed E-state index contributed by atoms with van der Waals surface area (Å²) in [5, 5.41) is 16.7. The van der Waals surface area contributed by atoms with Crippen LogP contribution in [0, 0.1) is 0 Å². The lowest BCUT2D eigenvalue weighted by molar-refractivity contribution is 0.316. The zero-order valence-corrected chi connectivity index (χ0v) is 10.5. The van der Waals surface area contributed by atoms with Gasteiger partial charge in [-0.15, -0.1) is 11.3 Å². The molecule has 0 saturated carbocycles. The number of nitrogens with one attached hydrogen (secondary N) is 1. The van der Waals surface area contributed by atoms with E-state index in [1.54, 1.807) is 11.3 Å². The topological polar surface area (TPSA) is 70.6 Å². The lowest BCUT2D eigenvalue weighted by Gasteiger charge is -2.23. The number of amidine groups is 1. The number of nitrogens with zero attached hydrogens (tertiary/aromatic N) is 1. The molecule has 90 valence electrons. The number of nitrogens with two attached hydrogens (primary N) is 1. The summed E-state index contributed by atoms with van der Waals surface area (Å²) < 4.78 is 0. The van der Waals surface area contributed by atoms with Crippen molar-refractivity contribution in [1.82, 2.24) is 5.32 Å². The second-order valence-electron chi connectivity index (χ2n) is 4.38. The quantitative estimate of drug-likeness (QED) is 0.234. The van der Waals surface area contributed by atoms with E-state index in [2.05, 4.69) is 41.8 Å². The maximum absolute atomic E-state index is 8.38. The minimum atomic E-state index is 0.124. The summed E-state index contributed by atoms with van der Waals surface area (Å²) in [5.41, 5.74) is 5.50. The summed E-state index contributed by atoms with van der Waals surface area (Å²) in [6, 6.07) is 4.22. The fourth-order valence-corrected chi connectivity index (χ4v) is 2.27. The van der Waals surface area contributed by atoms with Crippen molar-refractivity contribution < 1.29 is 5.21 Å². The van der Waals surface area contributed by atoms with Crippen LogP contribution in [0.3, 0.4) is 0 Å². The number of oxime groups is 1. The molecule has 0 aliphatic carbocycles. The van der Waals surface area contributed by atoms with Crippen LogP contribution in [0.5, 0.6) is 0 Å². The van der Waals surface area contributed by atoms with Crippen LogP contribution in [0.2, 0.25) is 0 Å². The minimum absolute atomic E-state index is 0.124. The summed E-state index contributed by atoms with van der Waals surface area (Å²) in [7, 11) is 0. The largest absolute Gasteiger partial charge is 0.409 e. The molecule has 0 fully saturated rings. The van der Waals surface area contributed by atoms with Gasteiger partial charge in [0.15, 0.2) is 0 Å². The van der Waals surface area contributed by atoms with E-state index in [0.29, 0.717) is 6.42 Å². The van der Waals surface area contributed by atoms with Gasteiger partial charge in [-0.1, -0.05) is 25.1 Å². The van der Waals surface area contributed by atoms with Gasteiger partial charge >= 0.3 is 0 Å². The summed E-state index contributed by atoms with van der Waals surface area (Å²) in [4.78, 5) is 1.36. The molecule has 1 aromatic heterocycles. The highest BCUT2D eigenvalue weighted by atomic mass is 32.1. The molecular weight excluding hydrogens is 222 g/mol. The zero-order chi connectivity index (χ0) is 12.0. The first-order chi connectivity index (χ1) is 7.56. The van der Waals surface area contributed by atoms with Gasteiger partial charge in [0.05, 0.1) is 0 Å². The average molecular weight is 241 g/mol. The van der Waals surface area contributed by atoms with Gasteiger partial charge in [-0.3, -0.25) is 0 Å². The van der Waals surface area contributed by atoms with Gasteiger partial charge in [-0.25, -0.2) is 0 Å². The van der Waals surface area contributed by atoms with Crippen LogP contribution in [0.4, 0.5) is 0 Å². The number of thiophene rings is 1. The summed E-state index contributed by atoms with van der Waals surface area (Å²) in [6.07, 6.45) is 0.566. The van der Waals surface area contributed by atoms with Crippen LogP contribution >= 0.6 is 11.3 Å². The first-order valence-electron chi connectivity index (χ1n) is 5.27. The van der Waals surface area contributed by atoms with Gasteiger partial charge < -0.3 is 16.3 Å². The van der Waals surface area contributed by atoms with Crippen molar-refractivity contribution in [1.29, 1.82) is 0 Å². The first kappa shape index (κ1) is 13.0. The molecule has 1 rings (SSSR count). The highest BCUT2D eigenvalue weighted by Crippen LogP contribution is 2.26. The van der Waals surface area contributed by atoms with Crippen LogP contribution in [-0.4, -0.2) is 24.1 Å². The number of hydrogen-bond donors (Lipinski definition) is 3. The molecule has 0 bridgehead atoms. The third-order valence-corrected chi connectivity index (χ3v) is 3.68. The molecule has 0 spiro atoms. The van der Waals surface area contributed by atoms with Gasteiger partial charge in [-0.05, 0) is 11.4 Å². The fraction of sp³-hybridized carbons (Fsp3) is 0.545. The molecule has 0 aliphatic rings. The third-order valence-electron chi connectivity index (χ3n) is 2.44. The molecule has 0 aromatic carbocycles. The van der Waals surface area contributed by atoms with Crippen molar-refractivity contribution in [3.8, 4) is 0 Å². The SMILES string of the molecule is CC(C)(CNCC/C(N)=N/O)c1cccs1. The molecule has 0 amide bonds. The molecule has 0 atom stereocenters. The summed E-state index contributed by atoms with van der Waals surface area (Å²) >= 11 is 1.77. The Morgan fingerprint density at radius 3 is 2.94 bits per heavy atom. The predicted octanol–water partition coefficient (Wildman–Crippen LogP) is 1.75. The van der Waals surface area contributed by atoms with E-state index in [9.17, 15) is 0 Å². The van der Waals surface area contributed by atoms with Crippen LogP contribution in [0.15, 0.2) is 22.7 Å². The van der Waals surface area contributed by atoms with E-state index in [1.165, 1.54) is 4.88 Å². The molecule has 4 nitrogen and oxygen atoms in total. The molecule has 5 heteroatoms. The van der Waals surface area contributed by atoms with Crippen molar-refractivity contribution in [2.24, 2.45) is 10.9 Å². The van der Waals surface area contributed by atoms with Gasteiger partial charge in [0.25, 0.3) is 0 Å². The van der Waals surface area contributed by atoms with Crippen LogP contribution in [0.25, 0.3) is 0 Å². The van der Waals surface area contributed by atoms with Crippen molar-refractivity contribution in [2.75, 3.05) is 13.1 Å². The molecule has 0 aliphatic heterocycles. The van der Waals surface area contributed by atoms with E-state index >= 15 is 0 Å². The molecule has 0 radical (unpaired) electrons. The predicted molar refractivity (Wildman–Crippen MR) is 68.2 cm³/mol. The molecule has 1 heterocycles. The van der Waals surface area contributed by atoms with E-state index in [0.717, 1.165) is 13.1 Å². The van der Waals surface area contributed by atoms with Gasteiger partial charge in [0, 0.05) is 29.8 Å². The van der Waals surface area contributed by atoms with Gasteiger partial charge in [0.1, 0.15) is 5.84 Å². The first-order valence-corrected chi connectivity index (χ1v) is 6.15. The Balaban J connectivity index is 2.32. The highest BCUT2D eigenvalue weighted by molar-refractivity contribution is 7.10. The zero-order valence-electron chi connectivity index (χ0n) is 9.73. The summed E-state index contributed by atoms with van der Waals surface area (Å²) in [5.74, 6) is 0.265. The van der Waals surface area contributed by atoms with Crippen molar-refractivity contribution in [3.63, 3.8) is 0 Å². The highest BCUT2D eigenvalue weighted by Gasteiger charge is 2.20. The maximum Gasteiger partial charge on any atom is 0.140 e. The maximum atomic E-state index is 8.38. The number of rotatable bonds is 6. The monoisotopic (exact) mass is 241 g/mol. The molecule has 0 unspecified atom stereocenters. The van der Waals surface area contributed by atoms with E-state index in [1.807, 2.05) is 0 Å². The van der Waals surface area contributed by atoms with Crippen LogP contribution < -0.4 is 11.1 Å². The molecule has 16 heavy (non-hydrogen) atoms. The molecule has 4 N–H and O–H groups in total. The Morgan fingerprint density at radius 2 is 2.38 bits per heavy atom. The smallest absolute Gasteiger partial charge is 0.140 e. The minimum Gasteiger partial charge on any atom is -0.409 e. The third kappa shape index (κ3) is 3.83. The van der Waals surface area contributed by atoms with E-state index in [-0.39, 0.29) is 11.3 Å². The lowest BCUT2D eigenvalue weighted by Crippen LogP contribution is -2.34. The Bertz CT molecular complexity index is 333. The second kappa shape index (κ2) is 5.86. The molecule has 1 aromatic rings. The normalized spacial score (nSPS) is 13.0. The molecular formula is C11H19N3OS. The van der Waals surface area contributed by atoms with Gasteiger partial charge in [-0.2, -0.15) is 0 Å². The van der Waals surface area contributed by atoms with Gasteiger partial charge in [0.2, 0.25) is 0 Å². The van der Waals surface area contributed by atoms with Crippen molar-refractivity contribution in [2.45, 2.75) is 25.7 Å². The fourth-order valence-electron chi connectivity index (χ4n) is 1.42. The van der Waals surface area contributed by atoms with Crippen molar-refractivity contribution in [3.05, 3.63) is 22.4 Å². The Morgan fingerprint density at radius 1 is 1.62 bits per heavy atom. The van der Waals surface area contributed by atoms with Crippen molar-refractivity contribution >= 4 is 17.2 Å². The van der Waals surface area contributed by atoms with E-state index < -0.39 is 0 Å².